The number of benzene rings is 1. The Kier molecular flexibility index (Phi) is 4.02. The maximum Gasteiger partial charge on any atom is 0.185 e. The van der Waals surface area contributed by atoms with Crippen LogP contribution in [0.2, 0.25) is 0 Å². The minimum absolute atomic E-state index is 0.0747. The molecule has 4 heterocycles. The molecular weight excluding hydrogens is 342 g/mol. The molecule has 0 radical (unpaired) electrons. The third-order valence-electron chi connectivity index (χ3n) is 4.69. The van der Waals surface area contributed by atoms with Crippen molar-refractivity contribution in [3.63, 3.8) is 0 Å². The zero-order chi connectivity index (χ0) is 18.1. The fourth-order valence-electron chi connectivity index (χ4n) is 3.37. The second-order valence-corrected chi connectivity index (χ2v) is 6.52. The van der Waals surface area contributed by atoms with Gasteiger partial charge in [0.15, 0.2) is 11.5 Å². The normalized spacial score (nSPS) is 17.5. The first kappa shape index (κ1) is 16.0. The van der Waals surface area contributed by atoms with E-state index in [1.54, 1.807) is 6.20 Å². The summed E-state index contributed by atoms with van der Waals surface area (Å²) in [6.45, 7) is 2.96. The van der Waals surface area contributed by atoms with Crippen molar-refractivity contribution in [3.05, 3.63) is 60.9 Å². The van der Waals surface area contributed by atoms with E-state index in [1.165, 1.54) is 0 Å². The Morgan fingerprint density at radius 1 is 1.04 bits per heavy atom. The number of nitrogens with zero attached hydrogens (tertiary/aromatic N) is 7. The number of morpholine rings is 1. The fourth-order valence-corrected chi connectivity index (χ4v) is 3.37. The average Bonchev–Trinajstić information content (AvgIpc) is 3.38. The van der Waals surface area contributed by atoms with Crippen molar-refractivity contribution in [1.29, 1.82) is 0 Å². The molecule has 0 saturated carbocycles. The van der Waals surface area contributed by atoms with Crippen LogP contribution in [0.3, 0.4) is 0 Å². The van der Waals surface area contributed by atoms with Crippen molar-refractivity contribution < 1.29 is 4.74 Å². The van der Waals surface area contributed by atoms with Gasteiger partial charge in [-0.15, -0.1) is 15.3 Å². The summed E-state index contributed by atoms with van der Waals surface area (Å²) < 4.78 is 9.62. The van der Waals surface area contributed by atoms with Crippen LogP contribution in [0.1, 0.15) is 0 Å². The summed E-state index contributed by atoms with van der Waals surface area (Å²) in [4.78, 5) is 2.24. The summed E-state index contributed by atoms with van der Waals surface area (Å²) in [5, 5.41) is 17.6. The SMILES string of the molecule is c1ccc(-c2nnc3ccc(N4CCOC(Cn5cccn5)C4)nn23)cc1. The van der Waals surface area contributed by atoms with Gasteiger partial charge in [0.2, 0.25) is 0 Å². The number of aromatic nitrogens is 6. The second kappa shape index (κ2) is 6.81. The van der Waals surface area contributed by atoms with Gasteiger partial charge in [-0.3, -0.25) is 4.68 Å². The largest absolute Gasteiger partial charge is 0.373 e. The van der Waals surface area contributed by atoms with E-state index in [4.69, 9.17) is 9.84 Å². The third-order valence-corrected chi connectivity index (χ3v) is 4.69. The predicted octanol–water partition coefficient (Wildman–Crippen LogP) is 1.89. The van der Waals surface area contributed by atoms with Crippen molar-refractivity contribution in [2.75, 3.05) is 24.6 Å². The molecule has 0 bridgehead atoms. The second-order valence-electron chi connectivity index (χ2n) is 6.52. The van der Waals surface area contributed by atoms with E-state index in [-0.39, 0.29) is 6.10 Å². The molecule has 1 unspecified atom stereocenters. The van der Waals surface area contributed by atoms with Gasteiger partial charge < -0.3 is 9.64 Å². The van der Waals surface area contributed by atoms with Gasteiger partial charge in [0.05, 0.1) is 19.3 Å². The first-order valence-corrected chi connectivity index (χ1v) is 8.99. The molecule has 0 spiro atoms. The van der Waals surface area contributed by atoms with Gasteiger partial charge in [-0.2, -0.15) is 9.61 Å². The lowest BCUT2D eigenvalue weighted by molar-refractivity contribution is 0.0271. The molecule has 0 amide bonds. The van der Waals surface area contributed by atoms with Crippen LogP contribution in [0.15, 0.2) is 60.9 Å². The zero-order valence-corrected chi connectivity index (χ0v) is 14.7. The zero-order valence-electron chi connectivity index (χ0n) is 14.7. The lowest BCUT2D eigenvalue weighted by Gasteiger charge is -2.33. The fraction of sp³-hybridized carbons (Fsp3) is 0.263. The number of anilines is 1. The van der Waals surface area contributed by atoms with Gasteiger partial charge in [0, 0.05) is 31.0 Å². The van der Waals surface area contributed by atoms with E-state index in [0.717, 1.165) is 42.5 Å². The maximum atomic E-state index is 5.91. The van der Waals surface area contributed by atoms with Crippen molar-refractivity contribution in [2.24, 2.45) is 0 Å². The highest BCUT2D eigenvalue weighted by atomic mass is 16.5. The predicted molar refractivity (Wildman–Crippen MR) is 100 cm³/mol. The molecule has 4 aromatic rings. The van der Waals surface area contributed by atoms with Gasteiger partial charge in [0.25, 0.3) is 0 Å². The third kappa shape index (κ3) is 3.15. The van der Waals surface area contributed by atoms with E-state index in [2.05, 4.69) is 20.2 Å². The number of fused-ring (bicyclic) bond motifs is 1. The molecule has 8 heteroatoms. The van der Waals surface area contributed by atoms with Gasteiger partial charge in [-0.1, -0.05) is 30.3 Å². The lowest BCUT2D eigenvalue weighted by atomic mass is 10.2. The highest BCUT2D eigenvalue weighted by Crippen LogP contribution is 2.21. The molecule has 0 N–H and O–H groups in total. The quantitative estimate of drug-likeness (QED) is 0.553. The van der Waals surface area contributed by atoms with Crippen molar-refractivity contribution >= 4 is 11.5 Å². The van der Waals surface area contributed by atoms with E-state index in [0.29, 0.717) is 6.61 Å². The van der Waals surface area contributed by atoms with Gasteiger partial charge in [-0.25, -0.2) is 0 Å². The minimum atomic E-state index is 0.0747. The number of ether oxygens (including phenoxy) is 1. The van der Waals surface area contributed by atoms with Crippen LogP contribution in [0.4, 0.5) is 5.82 Å². The van der Waals surface area contributed by atoms with Gasteiger partial charge in [-0.05, 0) is 18.2 Å². The summed E-state index contributed by atoms with van der Waals surface area (Å²) in [6, 6.07) is 15.9. The van der Waals surface area contributed by atoms with Crippen LogP contribution in [0, 0.1) is 0 Å². The molecule has 1 atom stereocenters. The Labute approximate surface area is 156 Å². The molecule has 8 nitrogen and oxygen atoms in total. The highest BCUT2D eigenvalue weighted by molar-refractivity contribution is 5.59. The topological polar surface area (TPSA) is 73.4 Å². The van der Waals surface area contributed by atoms with Crippen LogP contribution < -0.4 is 4.90 Å². The standard InChI is InChI=1S/C19H19N7O/c1-2-5-15(6-3-1)19-22-21-17-7-8-18(23-26(17)19)24-11-12-27-16(13-24)14-25-10-4-9-20-25/h1-10,16H,11-14H2. The molecule has 0 aliphatic carbocycles. The first-order chi connectivity index (χ1) is 13.4. The monoisotopic (exact) mass is 361 g/mol. The van der Waals surface area contributed by atoms with E-state index in [9.17, 15) is 0 Å². The molecule has 1 aliphatic heterocycles. The molecule has 27 heavy (non-hydrogen) atoms. The van der Waals surface area contributed by atoms with Crippen molar-refractivity contribution in [2.45, 2.75) is 12.6 Å². The molecular formula is C19H19N7O. The summed E-state index contributed by atoms with van der Waals surface area (Å²) in [7, 11) is 0. The first-order valence-electron chi connectivity index (χ1n) is 8.99. The molecule has 5 rings (SSSR count). The van der Waals surface area contributed by atoms with Crippen LogP contribution in [-0.4, -0.2) is 55.4 Å². The molecule has 1 saturated heterocycles. The Morgan fingerprint density at radius 3 is 2.81 bits per heavy atom. The smallest absolute Gasteiger partial charge is 0.185 e. The summed E-state index contributed by atoms with van der Waals surface area (Å²) >= 11 is 0. The molecule has 1 aromatic carbocycles. The van der Waals surface area contributed by atoms with Crippen LogP contribution in [0.5, 0.6) is 0 Å². The Morgan fingerprint density at radius 2 is 1.96 bits per heavy atom. The Bertz CT molecular complexity index is 1030. The van der Waals surface area contributed by atoms with Gasteiger partial charge in [0.1, 0.15) is 5.82 Å². The van der Waals surface area contributed by atoms with Crippen molar-refractivity contribution in [1.82, 2.24) is 29.6 Å². The lowest BCUT2D eigenvalue weighted by Crippen LogP contribution is -2.44. The molecule has 1 aliphatic rings. The Balaban J connectivity index is 1.42. The van der Waals surface area contributed by atoms with E-state index < -0.39 is 0 Å². The minimum Gasteiger partial charge on any atom is -0.373 e. The number of rotatable bonds is 4. The van der Waals surface area contributed by atoms with E-state index in [1.807, 2.05) is 63.9 Å². The van der Waals surface area contributed by atoms with Crippen LogP contribution in [-0.2, 0) is 11.3 Å². The summed E-state index contributed by atoms with van der Waals surface area (Å²) in [6.07, 6.45) is 3.81. The molecule has 1 fully saturated rings. The molecule has 3 aromatic heterocycles. The molecule has 136 valence electrons. The average molecular weight is 361 g/mol. The van der Waals surface area contributed by atoms with Crippen LogP contribution >= 0.6 is 0 Å². The number of hydrogen-bond acceptors (Lipinski definition) is 6. The number of hydrogen-bond donors (Lipinski definition) is 0. The maximum absolute atomic E-state index is 5.91. The van der Waals surface area contributed by atoms with E-state index >= 15 is 0 Å². The summed E-state index contributed by atoms with van der Waals surface area (Å²) in [5.41, 5.74) is 1.73. The van der Waals surface area contributed by atoms with Crippen molar-refractivity contribution in [3.8, 4) is 11.4 Å². The van der Waals surface area contributed by atoms with Gasteiger partial charge >= 0.3 is 0 Å². The Hall–Kier alpha value is -3.26. The van der Waals surface area contributed by atoms with Crippen LogP contribution in [0.25, 0.3) is 17.0 Å². The summed E-state index contributed by atoms with van der Waals surface area (Å²) in [5.74, 6) is 1.64. The highest BCUT2D eigenvalue weighted by Gasteiger charge is 2.23.